The molecule has 0 spiro atoms. The van der Waals surface area contributed by atoms with Gasteiger partial charge >= 0.3 is 0 Å². The van der Waals surface area contributed by atoms with Crippen molar-refractivity contribution >= 4 is 5.91 Å². The second-order valence-electron chi connectivity index (χ2n) is 7.24. The molecule has 0 saturated heterocycles. The van der Waals surface area contributed by atoms with Gasteiger partial charge in [-0.25, -0.2) is 4.98 Å². The highest BCUT2D eigenvalue weighted by molar-refractivity contribution is 5.98. The van der Waals surface area contributed by atoms with Crippen molar-refractivity contribution in [1.29, 1.82) is 0 Å². The molecule has 1 heterocycles. The first-order chi connectivity index (χ1) is 13.2. The SMILES string of the molecule is Cc1ccc(-c2nc(-c3ccccc3)c(C(=O)NC3CCCCC3)o2)cc1. The van der Waals surface area contributed by atoms with E-state index in [4.69, 9.17) is 4.42 Å². The molecule has 1 fully saturated rings. The zero-order chi connectivity index (χ0) is 18.6. The largest absolute Gasteiger partial charge is 0.430 e. The van der Waals surface area contributed by atoms with Crippen LogP contribution in [0.4, 0.5) is 0 Å². The number of rotatable bonds is 4. The molecule has 0 atom stereocenters. The summed E-state index contributed by atoms with van der Waals surface area (Å²) in [5.74, 6) is 0.594. The highest BCUT2D eigenvalue weighted by Gasteiger charge is 2.25. The Morgan fingerprint density at radius 2 is 1.67 bits per heavy atom. The molecule has 1 amide bonds. The Kier molecular flexibility index (Phi) is 5.05. The molecular formula is C23H24N2O2. The minimum absolute atomic E-state index is 0.174. The van der Waals surface area contributed by atoms with Crippen LogP contribution >= 0.6 is 0 Å². The lowest BCUT2D eigenvalue weighted by atomic mass is 9.95. The number of hydrogen-bond donors (Lipinski definition) is 1. The first kappa shape index (κ1) is 17.5. The van der Waals surface area contributed by atoms with Crippen LogP contribution in [0.1, 0.15) is 48.2 Å². The molecule has 1 saturated carbocycles. The topological polar surface area (TPSA) is 55.1 Å². The average molecular weight is 360 g/mol. The normalized spacial score (nSPS) is 14.9. The molecule has 4 rings (SSSR count). The van der Waals surface area contributed by atoms with Gasteiger partial charge in [-0.2, -0.15) is 0 Å². The van der Waals surface area contributed by atoms with Crippen LogP contribution in [-0.4, -0.2) is 16.9 Å². The van der Waals surface area contributed by atoms with E-state index in [1.54, 1.807) is 0 Å². The number of aryl methyl sites for hydroxylation is 1. The summed E-state index contributed by atoms with van der Waals surface area (Å²) in [7, 11) is 0. The third-order valence-corrected chi connectivity index (χ3v) is 5.12. The van der Waals surface area contributed by atoms with Crippen molar-refractivity contribution < 1.29 is 9.21 Å². The molecule has 0 aliphatic heterocycles. The van der Waals surface area contributed by atoms with Crippen molar-refractivity contribution in [3.63, 3.8) is 0 Å². The quantitative estimate of drug-likeness (QED) is 0.679. The van der Waals surface area contributed by atoms with E-state index in [-0.39, 0.29) is 11.9 Å². The molecule has 1 aliphatic rings. The third kappa shape index (κ3) is 3.95. The predicted molar refractivity (Wildman–Crippen MR) is 106 cm³/mol. The first-order valence-electron chi connectivity index (χ1n) is 9.65. The smallest absolute Gasteiger partial charge is 0.289 e. The Hall–Kier alpha value is -2.88. The number of aromatic nitrogens is 1. The summed E-state index contributed by atoms with van der Waals surface area (Å²) >= 11 is 0. The number of carbonyl (C=O) groups excluding carboxylic acids is 1. The Morgan fingerprint density at radius 3 is 2.37 bits per heavy atom. The minimum atomic E-state index is -0.174. The molecule has 4 nitrogen and oxygen atoms in total. The molecule has 27 heavy (non-hydrogen) atoms. The van der Waals surface area contributed by atoms with E-state index in [9.17, 15) is 4.79 Å². The lowest BCUT2D eigenvalue weighted by Gasteiger charge is -2.22. The fourth-order valence-electron chi connectivity index (χ4n) is 3.58. The summed E-state index contributed by atoms with van der Waals surface area (Å²) in [4.78, 5) is 17.6. The van der Waals surface area contributed by atoms with Gasteiger partial charge < -0.3 is 9.73 Å². The van der Waals surface area contributed by atoms with Gasteiger partial charge in [-0.15, -0.1) is 0 Å². The number of amides is 1. The summed E-state index contributed by atoms with van der Waals surface area (Å²) in [5, 5.41) is 3.15. The average Bonchev–Trinajstić information content (AvgIpc) is 3.16. The lowest BCUT2D eigenvalue weighted by molar-refractivity contribution is 0.0901. The lowest BCUT2D eigenvalue weighted by Crippen LogP contribution is -2.36. The van der Waals surface area contributed by atoms with Crippen LogP contribution in [0.3, 0.4) is 0 Å². The van der Waals surface area contributed by atoms with Gasteiger partial charge in [0.1, 0.15) is 5.69 Å². The molecule has 138 valence electrons. The number of hydrogen-bond acceptors (Lipinski definition) is 3. The van der Waals surface area contributed by atoms with Gasteiger partial charge in [0.2, 0.25) is 11.7 Å². The van der Waals surface area contributed by atoms with Crippen LogP contribution in [0.25, 0.3) is 22.7 Å². The van der Waals surface area contributed by atoms with Gasteiger partial charge in [0.15, 0.2) is 0 Å². The van der Waals surface area contributed by atoms with E-state index in [1.807, 2.05) is 61.5 Å². The summed E-state index contributed by atoms with van der Waals surface area (Å²) in [6, 6.07) is 17.9. The standard InChI is InChI=1S/C23H24N2O2/c1-16-12-14-18(15-13-16)23-25-20(17-8-4-2-5-9-17)21(27-23)22(26)24-19-10-6-3-7-11-19/h2,4-5,8-9,12-15,19H,3,6-7,10-11H2,1H3,(H,24,26). The van der Waals surface area contributed by atoms with Gasteiger partial charge in [0.05, 0.1) is 0 Å². The number of nitrogens with zero attached hydrogens (tertiary/aromatic N) is 1. The molecule has 0 unspecified atom stereocenters. The highest BCUT2D eigenvalue weighted by atomic mass is 16.4. The van der Waals surface area contributed by atoms with E-state index in [0.717, 1.165) is 24.0 Å². The molecule has 1 aromatic heterocycles. The summed E-state index contributed by atoms with van der Waals surface area (Å²) in [6.45, 7) is 2.04. The van der Waals surface area contributed by atoms with Crippen molar-refractivity contribution in [2.75, 3.05) is 0 Å². The maximum Gasteiger partial charge on any atom is 0.289 e. The molecule has 2 aromatic carbocycles. The van der Waals surface area contributed by atoms with E-state index in [0.29, 0.717) is 17.3 Å². The monoisotopic (exact) mass is 360 g/mol. The Labute approximate surface area is 159 Å². The van der Waals surface area contributed by atoms with E-state index >= 15 is 0 Å². The fraction of sp³-hybridized carbons (Fsp3) is 0.304. The van der Waals surface area contributed by atoms with Gasteiger partial charge in [-0.3, -0.25) is 4.79 Å². The molecule has 3 aromatic rings. The van der Waals surface area contributed by atoms with Crippen LogP contribution in [0.2, 0.25) is 0 Å². The molecule has 1 aliphatic carbocycles. The van der Waals surface area contributed by atoms with Crippen LogP contribution in [0, 0.1) is 6.92 Å². The van der Waals surface area contributed by atoms with Crippen molar-refractivity contribution in [2.45, 2.75) is 45.1 Å². The number of nitrogens with one attached hydrogen (secondary N) is 1. The van der Waals surface area contributed by atoms with E-state index in [2.05, 4.69) is 10.3 Å². The number of carbonyl (C=O) groups is 1. The summed E-state index contributed by atoms with van der Waals surface area (Å²) in [6.07, 6.45) is 5.65. The number of oxazole rings is 1. The molecule has 0 bridgehead atoms. The van der Waals surface area contributed by atoms with Gasteiger partial charge in [0.25, 0.3) is 5.91 Å². The van der Waals surface area contributed by atoms with Crippen LogP contribution in [0.15, 0.2) is 59.0 Å². The van der Waals surface area contributed by atoms with Crippen LogP contribution < -0.4 is 5.32 Å². The van der Waals surface area contributed by atoms with Crippen molar-refractivity contribution in [2.24, 2.45) is 0 Å². The second kappa shape index (κ2) is 7.78. The van der Waals surface area contributed by atoms with Crippen molar-refractivity contribution in [3.05, 3.63) is 65.9 Å². The Morgan fingerprint density at radius 1 is 0.963 bits per heavy atom. The highest BCUT2D eigenvalue weighted by Crippen LogP contribution is 2.29. The second-order valence-corrected chi connectivity index (χ2v) is 7.24. The third-order valence-electron chi connectivity index (χ3n) is 5.12. The van der Waals surface area contributed by atoms with Crippen molar-refractivity contribution in [1.82, 2.24) is 10.3 Å². The Balaban J connectivity index is 1.69. The predicted octanol–water partition coefficient (Wildman–Crippen LogP) is 5.38. The summed E-state index contributed by atoms with van der Waals surface area (Å²) < 4.78 is 5.98. The maximum atomic E-state index is 13.0. The van der Waals surface area contributed by atoms with E-state index < -0.39 is 0 Å². The molecule has 1 N–H and O–H groups in total. The van der Waals surface area contributed by atoms with E-state index in [1.165, 1.54) is 24.8 Å². The molecular weight excluding hydrogens is 336 g/mol. The minimum Gasteiger partial charge on any atom is -0.430 e. The molecule has 4 heteroatoms. The molecule has 0 radical (unpaired) electrons. The van der Waals surface area contributed by atoms with Gasteiger partial charge in [0, 0.05) is 17.2 Å². The number of benzene rings is 2. The Bertz CT molecular complexity index is 907. The maximum absolute atomic E-state index is 13.0. The zero-order valence-corrected chi connectivity index (χ0v) is 15.6. The van der Waals surface area contributed by atoms with Gasteiger partial charge in [-0.05, 0) is 31.9 Å². The first-order valence-corrected chi connectivity index (χ1v) is 9.65. The van der Waals surface area contributed by atoms with Crippen LogP contribution in [-0.2, 0) is 0 Å². The van der Waals surface area contributed by atoms with Crippen LogP contribution in [0.5, 0.6) is 0 Å². The summed E-state index contributed by atoms with van der Waals surface area (Å²) in [5.41, 5.74) is 3.52. The fourth-order valence-corrected chi connectivity index (χ4v) is 3.58. The van der Waals surface area contributed by atoms with Gasteiger partial charge in [-0.1, -0.05) is 67.3 Å². The van der Waals surface area contributed by atoms with Crippen molar-refractivity contribution in [3.8, 4) is 22.7 Å². The zero-order valence-electron chi connectivity index (χ0n) is 15.6.